The second-order valence-corrected chi connectivity index (χ2v) is 8.02. The molecule has 0 aromatic heterocycles. The summed E-state index contributed by atoms with van der Waals surface area (Å²) in [6.45, 7) is 8.79. The van der Waals surface area contributed by atoms with E-state index in [9.17, 15) is 0 Å². The molecule has 1 aliphatic carbocycles. The first-order chi connectivity index (χ1) is 9.73. The van der Waals surface area contributed by atoms with Crippen molar-refractivity contribution >= 4 is 15.9 Å². The van der Waals surface area contributed by atoms with E-state index in [1.807, 2.05) is 0 Å². The molecule has 2 rings (SSSR count). The van der Waals surface area contributed by atoms with Gasteiger partial charge in [0.25, 0.3) is 0 Å². The molecule has 1 heterocycles. The largest absolute Gasteiger partial charge is 0.302 e. The van der Waals surface area contributed by atoms with Gasteiger partial charge in [0.05, 0.1) is 0 Å². The van der Waals surface area contributed by atoms with Crippen molar-refractivity contribution in [1.29, 1.82) is 0 Å². The first-order valence-corrected chi connectivity index (χ1v) is 10.1. The summed E-state index contributed by atoms with van der Waals surface area (Å²) in [6, 6.07) is 0. The van der Waals surface area contributed by atoms with Crippen LogP contribution >= 0.6 is 15.9 Å². The Morgan fingerprint density at radius 1 is 1.00 bits per heavy atom. The minimum atomic E-state index is 0.533. The highest BCUT2D eigenvalue weighted by Crippen LogP contribution is 2.39. The Kier molecular flexibility index (Phi) is 6.87. The normalized spacial score (nSPS) is 28.4. The fourth-order valence-electron chi connectivity index (χ4n) is 4.81. The lowest BCUT2D eigenvalue weighted by Crippen LogP contribution is -2.47. The highest BCUT2D eigenvalue weighted by molar-refractivity contribution is 9.09. The number of likely N-dealkylation sites (tertiary alicyclic amines) is 1. The molecule has 0 amide bonds. The molecular weight excluding hydrogens is 310 g/mol. The molecule has 2 fully saturated rings. The predicted molar refractivity (Wildman–Crippen MR) is 92.5 cm³/mol. The molecule has 1 saturated heterocycles. The van der Waals surface area contributed by atoms with Gasteiger partial charge in [-0.3, -0.25) is 0 Å². The van der Waals surface area contributed by atoms with Crippen molar-refractivity contribution in [3.05, 3.63) is 0 Å². The predicted octanol–water partition coefficient (Wildman–Crippen LogP) is 5.48. The van der Waals surface area contributed by atoms with E-state index in [0.717, 1.165) is 11.8 Å². The van der Waals surface area contributed by atoms with E-state index in [1.165, 1.54) is 82.8 Å². The minimum Gasteiger partial charge on any atom is -0.302 e. The van der Waals surface area contributed by atoms with Crippen LogP contribution in [-0.2, 0) is 0 Å². The Morgan fingerprint density at radius 2 is 1.65 bits per heavy atom. The Morgan fingerprint density at radius 3 is 2.25 bits per heavy atom. The maximum atomic E-state index is 3.84. The lowest BCUT2D eigenvalue weighted by atomic mass is 9.74. The molecule has 1 saturated carbocycles. The summed E-state index contributed by atoms with van der Waals surface area (Å²) in [5.74, 6) is 2.09. The summed E-state index contributed by atoms with van der Waals surface area (Å²) in [5, 5.41) is 1.19. The lowest BCUT2D eigenvalue weighted by molar-refractivity contribution is 0.0520. The zero-order valence-electron chi connectivity index (χ0n) is 13.7. The fraction of sp³-hybridized carbons (Fsp3) is 1.00. The number of rotatable bonds is 7. The average Bonchev–Trinajstić information content (AvgIpc) is 2.47. The zero-order chi connectivity index (χ0) is 14.4. The first kappa shape index (κ1) is 16.8. The number of hydrogen-bond donors (Lipinski definition) is 0. The van der Waals surface area contributed by atoms with E-state index in [0.29, 0.717) is 5.41 Å². The van der Waals surface area contributed by atoms with E-state index in [2.05, 4.69) is 34.7 Å². The average molecular weight is 344 g/mol. The number of fused-ring (bicyclic) bond motifs is 1. The summed E-state index contributed by atoms with van der Waals surface area (Å²) >= 11 is 3.84. The van der Waals surface area contributed by atoms with Gasteiger partial charge in [0.15, 0.2) is 0 Å². The quantitative estimate of drug-likeness (QED) is 0.553. The SMILES string of the molecule is CCCC(CBr)(CCC)CN1CCC2CCCCC2C1. The van der Waals surface area contributed by atoms with Crippen molar-refractivity contribution in [2.75, 3.05) is 25.0 Å². The van der Waals surface area contributed by atoms with E-state index in [1.54, 1.807) is 0 Å². The smallest absolute Gasteiger partial charge is 0.0100 e. The van der Waals surface area contributed by atoms with Gasteiger partial charge in [0.2, 0.25) is 0 Å². The van der Waals surface area contributed by atoms with Crippen LogP contribution in [0.3, 0.4) is 0 Å². The molecule has 2 aliphatic rings. The second-order valence-electron chi connectivity index (χ2n) is 7.46. The van der Waals surface area contributed by atoms with Gasteiger partial charge in [0, 0.05) is 18.4 Å². The van der Waals surface area contributed by atoms with Gasteiger partial charge < -0.3 is 4.90 Å². The molecule has 0 N–H and O–H groups in total. The van der Waals surface area contributed by atoms with Crippen molar-refractivity contribution in [3.63, 3.8) is 0 Å². The van der Waals surface area contributed by atoms with Gasteiger partial charge in [-0.25, -0.2) is 0 Å². The lowest BCUT2D eigenvalue weighted by Gasteiger charge is -2.45. The molecule has 2 heteroatoms. The minimum absolute atomic E-state index is 0.533. The molecule has 0 aromatic rings. The Labute approximate surface area is 135 Å². The van der Waals surface area contributed by atoms with Crippen LogP contribution in [0, 0.1) is 17.3 Å². The molecule has 1 nitrogen and oxygen atoms in total. The molecule has 0 radical (unpaired) electrons. The maximum absolute atomic E-state index is 3.84. The summed E-state index contributed by atoms with van der Waals surface area (Å²) in [7, 11) is 0. The van der Waals surface area contributed by atoms with Gasteiger partial charge in [-0.15, -0.1) is 0 Å². The van der Waals surface area contributed by atoms with E-state index in [-0.39, 0.29) is 0 Å². The third-order valence-corrected chi connectivity index (χ3v) is 6.97. The summed E-state index contributed by atoms with van der Waals surface area (Å²) in [5.41, 5.74) is 0.533. The molecule has 1 aliphatic heterocycles. The van der Waals surface area contributed by atoms with Gasteiger partial charge in [-0.2, -0.15) is 0 Å². The Bertz CT molecular complexity index is 273. The van der Waals surface area contributed by atoms with Crippen LogP contribution in [0.2, 0.25) is 0 Å². The van der Waals surface area contributed by atoms with E-state index in [4.69, 9.17) is 0 Å². The summed E-state index contributed by atoms with van der Waals surface area (Å²) in [6.07, 6.45) is 12.9. The summed E-state index contributed by atoms with van der Waals surface area (Å²) in [4.78, 5) is 2.82. The number of alkyl halides is 1. The zero-order valence-corrected chi connectivity index (χ0v) is 15.3. The number of hydrogen-bond acceptors (Lipinski definition) is 1. The highest BCUT2D eigenvalue weighted by Gasteiger charge is 2.35. The maximum Gasteiger partial charge on any atom is 0.0100 e. The molecule has 0 bridgehead atoms. The number of nitrogens with zero attached hydrogens (tertiary/aromatic N) is 1. The van der Waals surface area contributed by atoms with Gasteiger partial charge in [-0.1, -0.05) is 61.9 Å². The molecular formula is C18H34BrN. The standard InChI is InChI=1S/C18H34BrN/c1-3-10-18(14-19,11-4-2)15-20-12-9-16-7-5-6-8-17(16)13-20/h16-17H,3-15H2,1-2H3. The van der Waals surface area contributed by atoms with Crippen molar-refractivity contribution in [1.82, 2.24) is 4.90 Å². The van der Waals surface area contributed by atoms with Crippen LogP contribution < -0.4 is 0 Å². The third-order valence-electron chi connectivity index (χ3n) is 5.78. The van der Waals surface area contributed by atoms with Crippen molar-refractivity contribution in [3.8, 4) is 0 Å². The highest BCUT2D eigenvalue weighted by atomic mass is 79.9. The molecule has 20 heavy (non-hydrogen) atoms. The van der Waals surface area contributed by atoms with Crippen molar-refractivity contribution < 1.29 is 0 Å². The van der Waals surface area contributed by atoms with Crippen LogP contribution in [0.25, 0.3) is 0 Å². The fourth-order valence-corrected chi connectivity index (χ4v) is 5.55. The van der Waals surface area contributed by atoms with Crippen LogP contribution in [0.4, 0.5) is 0 Å². The van der Waals surface area contributed by atoms with Crippen LogP contribution in [0.5, 0.6) is 0 Å². The molecule has 0 aromatic carbocycles. The first-order valence-electron chi connectivity index (χ1n) is 9.01. The van der Waals surface area contributed by atoms with E-state index >= 15 is 0 Å². The van der Waals surface area contributed by atoms with Gasteiger partial charge in [0.1, 0.15) is 0 Å². The topological polar surface area (TPSA) is 3.24 Å². The molecule has 118 valence electrons. The molecule has 0 spiro atoms. The Hall–Kier alpha value is 0.440. The number of halogens is 1. The van der Waals surface area contributed by atoms with Crippen molar-refractivity contribution in [2.24, 2.45) is 17.3 Å². The van der Waals surface area contributed by atoms with Crippen molar-refractivity contribution in [2.45, 2.75) is 71.6 Å². The van der Waals surface area contributed by atoms with Crippen LogP contribution in [0.1, 0.15) is 71.6 Å². The van der Waals surface area contributed by atoms with Gasteiger partial charge in [-0.05, 0) is 49.5 Å². The van der Waals surface area contributed by atoms with Gasteiger partial charge >= 0.3 is 0 Å². The monoisotopic (exact) mass is 343 g/mol. The number of piperidine rings is 1. The van der Waals surface area contributed by atoms with Crippen LogP contribution in [0.15, 0.2) is 0 Å². The third kappa shape index (κ3) is 4.22. The molecule has 2 atom stereocenters. The Balaban J connectivity index is 1.92. The summed E-state index contributed by atoms with van der Waals surface area (Å²) < 4.78 is 0. The van der Waals surface area contributed by atoms with E-state index < -0.39 is 0 Å². The van der Waals surface area contributed by atoms with Crippen LogP contribution in [-0.4, -0.2) is 29.9 Å². The molecule has 2 unspecified atom stereocenters. The second kappa shape index (κ2) is 8.17.